The number of aliphatic hydroxyl groups is 1. The first-order valence-corrected chi connectivity index (χ1v) is 9.32. The molecular weight excluding hydrogens is 345 g/mol. The van der Waals surface area contributed by atoms with E-state index in [0.29, 0.717) is 38.8 Å². The third kappa shape index (κ3) is 7.67. The molecule has 27 heavy (non-hydrogen) atoms. The van der Waals surface area contributed by atoms with E-state index in [-0.39, 0.29) is 5.82 Å². The van der Waals surface area contributed by atoms with Gasteiger partial charge in [-0.25, -0.2) is 4.39 Å². The number of methoxy groups -OCH3 is 1. The van der Waals surface area contributed by atoms with Gasteiger partial charge in [-0.05, 0) is 29.7 Å². The van der Waals surface area contributed by atoms with Crippen molar-refractivity contribution in [2.75, 3.05) is 26.9 Å². The van der Waals surface area contributed by atoms with Crippen LogP contribution in [0.5, 0.6) is 5.75 Å². The fraction of sp³-hybridized carbons (Fsp3) is 0.455. The average molecular weight is 375 g/mol. The first kappa shape index (κ1) is 21.4. The minimum absolute atomic E-state index is 0.253. The Morgan fingerprint density at radius 3 is 2.37 bits per heavy atom. The minimum atomic E-state index is -0.598. The number of rotatable bonds is 11. The monoisotopic (exact) mass is 375 g/mol. The van der Waals surface area contributed by atoms with Gasteiger partial charge >= 0.3 is 0 Å². The first-order chi connectivity index (χ1) is 13.0. The predicted molar refractivity (Wildman–Crippen MR) is 105 cm³/mol. The third-order valence-corrected chi connectivity index (χ3v) is 4.14. The lowest BCUT2D eigenvalue weighted by Gasteiger charge is -2.26. The summed E-state index contributed by atoms with van der Waals surface area (Å²) < 4.78 is 24.2. The van der Waals surface area contributed by atoms with E-state index in [4.69, 9.17) is 9.47 Å². The highest BCUT2D eigenvalue weighted by Crippen LogP contribution is 2.20. The van der Waals surface area contributed by atoms with Crippen molar-refractivity contribution in [2.24, 2.45) is 5.92 Å². The van der Waals surface area contributed by atoms with Crippen molar-refractivity contribution in [1.82, 2.24) is 4.90 Å². The summed E-state index contributed by atoms with van der Waals surface area (Å²) >= 11 is 0. The maximum absolute atomic E-state index is 13.2. The summed E-state index contributed by atoms with van der Waals surface area (Å²) in [4.78, 5) is 2.12. The molecule has 0 aliphatic carbocycles. The maximum atomic E-state index is 13.2. The number of halogens is 1. The molecule has 5 heteroatoms. The molecule has 2 rings (SSSR count). The Kier molecular flexibility index (Phi) is 8.72. The summed E-state index contributed by atoms with van der Waals surface area (Å²) in [6, 6.07) is 14.3. The van der Waals surface area contributed by atoms with Crippen LogP contribution in [0.4, 0.5) is 4.39 Å². The van der Waals surface area contributed by atoms with Gasteiger partial charge in [-0.15, -0.1) is 0 Å². The molecular formula is C22H30FNO3. The number of benzene rings is 2. The van der Waals surface area contributed by atoms with Crippen LogP contribution in [-0.4, -0.2) is 43.0 Å². The van der Waals surface area contributed by atoms with E-state index in [2.05, 4.69) is 18.7 Å². The molecule has 0 amide bonds. The number of hydrogen-bond donors (Lipinski definition) is 1. The van der Waals surface area contributed by atoms with E-state index >= 15 is 0 Å². The van der Waals surface area contributed by atoms with Gasteiger partial charge in [0.2, 0.25) is 0 Å². The molecule has 2 aromatic carbocycles. The Balaban J connectivity index is 2.06. The Labute approximate surface area is 161 Å². The average Bonchev–Trinajstić information content (AvgIpc) is 2.63. The molecule has 1 N–H and O–H groups in total. The summed E-state index contributed by atoms with van der Waals surface area (Å²) in [5.74, 6) is 0.991. The number of ether oxygens (including phenoxy) is 2. The molecule has 0 heterocycles. The smallest absolute Gasteiger partial charge is 0.123 e. The molecule has 0 aliphatic rings. The van der Waals surface area contributed by atoms with Crippen LogP contribution >= 0.6 is 0 Å². The van der Waals surface area contributed by atoms with Crippen molar-refractivity contribution in [3.63, 3.8) is 0 Å². The van der Waals surface area contributed by atoms with E-state index in [1.54, 1.807) is 19.2 Å². The topological polar surface area (TPSA) is 41.9 Å². The van der Waals surface area contributed by atoms with Crippen molar-refractivity contribution < 1.29 is 19.0 Å². The van der Waals surface area contributed by atoms with Gasteiger partial charge in [-0.1, -0.05) is 44.2 Å². The molecule has 0 spiro atoms. The van der Waals surface area contributed by atoms with E-state index < -0.39 is 6.10 Å². The highest BCUT2D eigenvalue weighted by atomic mass is 19.1. The molecule has 0 fully saturated rings. The summed E-state index contributed by atoms with van der Waals surface area (Å²) in [7, 11) is 1.65. The van der Waals surface area contributed by atoms with E-state index in [0.717, 1.165) is 16.9 Å². The van der Waals surface area contributed by atoms with Crippen LogP contribution in [0, 0.1) is 11.7 Å². The quantitative estimate of drug-likeness (QED) is 0.647. The van der Waals surface area contributed by atoms with Gasteiger partial charge in [0, 0.05) is 31.8 Å². The molecule has 0 saturated carbocycles. The Morgan fingerprint density at radius 2 is 1.70 bits per heavy atom. The van der Waals surface area contributed by atoms with Crippen LogP contribution in [0.1, 0.15) is 25.0 Å². The summed E-state index contributed by atoms with van der Waals surface area (Å²) in [6.07, 6.45) is -0.598. The van der Waals surface area contributed by atoms with E-state index in [1.165, 1.54) is 12.1 Å². The van der Waals surface area contributed by atoms with Gasteiger partial charge < -0.3 is 14.6 Å². The lowest BCUT2D eigenvalue weighted by atomic mass is 10.1. The van der Waals surface area contributed by atoms with Crippen molar-refractivity contribution in [3.8, 4) is 5.75 Å². The van der Waals surface area contributed by atoms with Gasteiger partial charge in [-0.3, -0.25) is 4.90 Å². The second-order valence-electron chi connectivity index (χ2n) is 7.19. The Morgan fingerprint density at radius 1 is 1.00 bits per heavy atom. The van der Waals surface area contributed by atoms with Crippen molar-refractivity contribution >= 4 is 0 Å². The van der Waals surface area contributed by atoms with Gasteiger partial charge in [0.25, 0.3) is 0 Å². The lowest BCUT2D eigenvalue weighted by molar-refractivity contribution is 0.00544. The molecule has 0 aromatic heterocycles. The largest absolute Gasteiger partial charge is 0.496 e. The van der Waals surface area contributed by atoms with Gasteiger partial charge in [-0.2, -0.15) is 0 Å². The minimum Gasteiger partial charge on any atom is -0.496 e. The van der Waals surface area contributed by atoms with Gasteiger partial charge in [0.15, 0.2) is 0 Å². The molecule has 0 radical (unpaired) electrons. The summed E-state index contributed by atoms with van der Waals surface area (Å²) in [6.45, 7) is 6.74. The fourth-order valence-electron chi connectivity index (χ4n) is 2.90. The fourth-order valence-corrected chi connectivity index (χ4v) is 2.90. The first-order valence-electron chi connectivity index (χ1n) is 9.32. The molecule has 2 aromatic rings. The predicted octanol–water partition coefficient (Wildman–Crippen LogP) is 3.87. The second kappa shape index (κ2) is 11.0. The van der Waals surface area contributed by atoms with Crippen LogP contribution in [0.2, 0.25) is 0 Å². The zero-order valence-corrected chi connectivity index (χ0v) is 16.4. The summed E-state index contributed by atoms with van der Waals surface area (Å²) in [5.41, 5.74) is 2.03. The summed E-state index contributed by atoms with van der Waals surface area (Å²) in [5, 5.41) is 10.4. The van der Waals surface area contributed by atoms with Crippen molar-refractivity contribution in [1.29, 1.82) is 0 Å². The standard InChI is InChI=1S/C22H30FNO3/c1-17(2)15-27-16-21(25)14-24(12-18-8-10-20(23)11-9-18)13-19-6-4-5-7-22(19)26-3/h4-11,17,21,25H,12-16H2,1-3H3/t21-/m0/s1. The van der Waals surface area contributed by atoms with Crippen LogP contribution in [0.3, 0.4) is 0 Å². The second-order valence-corrected chi connectivity index (χ2v) is 7.19. The zero-order chi connectivity index (χ0) is 19.6. The van der Waals surface area contributed by atoms with Gasteiger partial charge in [0.1, 0.15) is 11.6 Å². The third-order valence-electron chi connectivity index (χ3n) is 4.14. The van der Waals surface area contributed by atoms with Crippen molar-refractivity contribution in [2.45, 2.75) is 33.0 Å². The van der Waals surface area contributed by atoms with E-state index in [1.807, 2.05) is 24.3 Å². The van der Waals surface area contributed by atoms with Crippen LogP contribution in [0.25, 0.3) is 0 Å². The number of aliphatic hydroxyl groups excluding tert-OH is 1. The van der Waals surface area contributed by atoms with Crippen LogP contribution < -0.4 is 4.74 Å². The Bertz CT molecular complexity index is 676. The van der Waals surface area contributed by atoms with Crippen LogP contribution in [-0.2, 0) is 17.8 Å². The molecule has 0 bridgehead atoms. The molecule has 0 saturated heterocycles. The number of hydrogen-bond acceptors (Lipinski definition) is 4. The van der Waals surface area contributed by atoms with Crippen LogP contribution in [0.15, 0.2) is 48.5 Å². The lowest BCUT2D eigenvalue weighted by Crippen LogP contribution is -2.34. The Hall–Kier alpha value is -1.95. The normalized spacial score (nSPS) is 12.6. The highest BCUT2D eigenvalue weighted by Gasteiger charge is 2.15. The zero-order valence-electron chi connectivity index (χ0n) is 16.4. The van der Waals surface area contributed by atoms with E-state index in [9.17, 15) is 9.50 Å². The van der Waals surface area contributed by atoms with Crippen molar-refractivity contribution in [3.05, 3.63) is 65.5 Å². The number of nitrogens with zero attached hydrogens (tertiary/aromatic N) is 1. The maximum Gasteiger partial charge on any atom is 0.123 e. The molecule has 1 atom stereocenters. The number of para-hydroxylation sites is 1. The SMILES string of the molecule is COc1ccccc1CN(Cc1ccc(F)cc1)C[C@H](O)COCC(C)C. The highest BCUT2D eigenvalue weighted by molar-refractivity contribution is 5.33. The van der Waals surface area contributed by atoms with Gasteiger partial charge in [0.05, 0.1) is 19.8 Å². The molecule has 148 valence electrons. The molecule has 0 unspecified atom stereocenters. The molecule has 4 nitrogen and oxygen atoms in total. The molecule has 0 aliphatic heterocycles.